The van der Waals surface area contributed by atoms with Crippen LogP contribution in [0.15, 0.2) is 120 Å². The van der Waals surface area contributed by atoms with Crippen LogP contribution in [0.4, 0.5) is 39.0 Å². The van der Waals surface area contributed by atoms with Crippen molar-refractivity contribution in [2.45, 2.75) is 158 Å². The molecule has 6 atom stereocenters. The number of benzene rings is 5. The number of rotatable bonds is 26. The predicted molar refractivity (Wildman–Crippen MR) is 302 cm³/mol. The van der Waals surface area contributed by atoms with Gasteiger partial charge in [0, 0.05) is 54.2 Å². The van der Waals surface area contributed by atoms with Gasteiger partial charge < -0.3 is 40.5 Å². The number of halogens is 5. The van der Waals surface area contributed by atoms with Crippen molar-refractivity contribution in [3.05, 3.63) is 155 Å². The maximum Gasteiger partial charge on any atom is 0.430 e. The zero-order valence-corrected chi connectivity index (χ0v) is 47.9. The van der Waals surface area contributed by atoms with E-state index in [0.717, 1.165) is 91.5 Å². The molecule has 0 bridgehead atoms. The number of alkyl halides is 3. The average molecular weight is 1160 g/mol. The van der Waals surface area contributed by atoms with Crippen LogP contribution in [0, 0.1) is 23.0 Å². The standard InChI is InChI=1S/C61H76F2N4O7S.C2HF3O2/c1-5-7-37-61(6-2)41-75(73,74)54-36-33-50(66(3)4)39-52(54)57(59(61)71)45-17-16-18-48(38-45)65-56(70)20-15-13-11-9-8-10-12-14-19-55(69)64-40-42-21-23-44(24-22-42)58-51(34-35-53(68)43-25-27-46(62)28-26-43)60(72)67(58)49-31-29-47(63)30-32-49;3-2(4,5)1(6)7/h16-18,21-33,36,38-39,51,53,57-59,68,71H,5-15,19-20,34-35,37,40-41H2,1-4H3,(H,64,69)(H,65,70);(H,6,7). The molecule has 13 nitrogen and oxygen atoms in total. The lowest BCUT2D eigenvalue weighted by Crippen LogP contribution is -3.00. The number of aliphatic hydroxyl groups is 2. The van der Waals surface area contributed by atoms with E-state index in [-0.39, 0.29) is 40.2 Å². The highest BCUT2D eigenvalue weighted by molar-refractivity contribution is 7.91. The number of nitrogens with zero attached hydrogens (tertiary/aromatic N) is 1. The van der Waals surface area contributed by atoms with Crippen LogP contribution >= 0.6 is 0 Å². The van der Waals surface area contributed by atoms with Gasteiger partial charge in [-0.05, 0) is 121 Å². The molecule has 1 fully saturated rings. The van der Waals surface area contributed by atoms with Crippen LogP contribution in [0.1, 0.15) is 162 Å². The number of aliphatic carboxylic acids is 1. The lowest BCUT2D eigenvalue weighted by atomic mass is 9.69. The number of anilines is 2. The topological polar surface area (TPSA) is 198 Å². The molecule has 2 heterocycles. The van der Waals surface area contributed by atoms with E-state index in [0.29, 0.717) is 67.6 Å². The summed E-state index contributed by atoms with van der Waals surface area (Å²) in [7, 11) is 0.282. The Morgan fingerprint density at radius 1 is 0.780 bits per heavy atom. The predicted octanol–water partition coefficient (Wildman–Crippen LogP) is 10.3. The van der Waals surface area contributed by atoms with E-state index in [1.165, 1.54) is 24.3 Å². The number of hydrogen-bond acceptors (Lipinski definition) is 9. The zero-order valence-electron chi connectivity index (χ0n) is 47.1. The van der Waals surface area contributed by atoms with Gasteiger partial charge in [0.2, 0.25) is 17.7 Å². The Kier molecular flexibility index (Phi) is 23.3. The molecule has 82 heavy (non-hydrogen) atoms. The minimum absolute atomic E-state index is 0.0147. The van der Waals surface area contributed by atoms with E-state index in [9.17, 15) is 55.0 Å². The highest BCUT2D eigenvalue weighted by Gasteiger charge is 2.50. The number of aliphatic hydroxyl groups excluding tert-OH is 2. The van der Waals surface area contributed by atoms with Crippen molar-refractivity contribution >= 4 is 50.6 Å². The number of amides is 3. The molecule has 19 heteroatoms. The first-order chi connectivity index (χ1) is 39.0. The largest absolute Gasteiger partial charge is 0.542 e. The second-order valence-electron chi connectivity index (χ2n) is 21.9. The van der Waals surface area contributed by atoms with Crippen LogP contribution < -0.4 is 25.5 Å². The lowest BCUT2D eigenvalue weighted by Gasteiger charge is -2.48. The molecule has 1 saturated heterocycles. The molecule has 0 radical (unpaired) electrons. The fraction of sp³-hybridized carbons (Fsp3) is 0.460. The van der Waals surface area contributed by atoms with Gasteiger partial charge in [0.25, 0.3) is 0 Å². The van der Waals surface area contributed by atoms with Crippen molar-refractivity contribution in [2.24, 2.45) is 11.3 Å². The highest BCUT2D eigenvalue weighted by atomic mass is 32.2. The van der Waals surface area contributed by atoms with Crippen molar-refractivity contribution in [3.8, 4) is 0 Å². The van der Waals surface area contributed by atoms with Gasteiger partial charge in [-0.25, -0.2) is 17.2 Å². The van der Waals surface area contributed by atoms with Crippen LogP contribution in [-0.2, 0) is 35.6 Å². The van der Waals surface area contributed by atoms with Gasteiger partial charge in [0.15, 0.2) is 9.84 Å². The van der Waals surface area contributed by atoms with Crippen molar-refractivity contribution in [3.63, 3.8) is 0 Å². The maximum atomic E-state index is 14.1. The number of fused-ring (bicyclic) bond motifs is 1. The van der Waals surface area contributed by atoms with Gasteiger partial charge in [-0.2, -0.15) is 13.2 Å². The molecule has 0 spiro atoms. The van der Waals surface area contributed by atoms with E-state index in [4.69, 9.17) is 9.90 Å². The van der Waals surface area contributed by atoms with Gasteiger partial charge in [-0.3, -0.25) is 14.4 Å². The van der Waals surface area contributed by atoms with Gasteiger partial charge in [-0.15, -0.1) is 0 Å². The summed E-state index contributed by atoms with van der Waals surface area (Å²) in [5.41, 5.74) is 5.08. The summed E-state index contributed by atoms with van der Waals surface area (Å²) in [6.45, 7) is 4.42. The number of nitrogens with one attached hydrogen (secondary N) is 3. The smallest absolute Gasteiger partial charge is 0.430 e. The normalized spacial score (nSPS) is 19.7. The Labute approximate surface area is 478 Å². The SMILES string of the molecule is CCCCC1(CC)CS(=O)(=O)c2ccc([NH+](C)C)cc2C(c2cccc(NC(=O)CCCCCCCCCCC(=O)NCc3ccc(C4C(CCC(O)c5ccc(F)cc5)C(=O)N4c4ccc(F)cc4)cc3)c2)C1O.O=C([O-])C(F)(F)F. The van der Waals surface area contributed by atoms with Gasteiger partial charge in [0.1, 0.15) is 23.3 Å². The first-order valence-electron chi connectivity index (χ1n) is 28.4. The Balaban J connectivity index is 0.00000145. The molecule has 5 aromatic carbocycles. The third-order valence-corrected chi connectivity index (χ3v) is 17.9. The van der Waals surface area contributed by atoms with Crippen molar-refractivity contribution < 1.29 is 69.8 Å². The number of sulfone groups is 1. The minimum atomic E-state index is -5.19. The molecular weight excluding hydrogens is 1080 g/mol. The molecule has 5 N–H and O–H groups in total. The van der Waals surface area contributed by atoms with Crippen molar-refractivity contribution in [1.82, 2.24) is 5.32 Å². The molecule has 0 aromatic heterocycles. The number of carbonyl (C=O) groups is 4. The Bertz CT molecular complexity index is 3030. The van der Waals surface area contributed by atoms with Crippen LogP contribution in [0.3, 0.4) is 0 Å². The Hall–Kier alpha value is -6.54. The summed E-state index contributed by atoms with van der Waals surface area (Å²) < 4.78 is 86.9. The summed E-state index contributed by atoms with van der Waals surface area (Å²) in [6, 6.07) is 32.0. The summed E-state index contributed by atoms with van der Waals surface area (Å²) in [4.78, 5) is 51.2. The summed E-state index contributed by atoms with van der Waals surface area (Å²) in [5.74, 6) is -5.12. The van der Waals surface area contributed by atoms with Gasteiger partial charge in [0.05, 0.1) is 48.9 Å². The summed E-state index contributed by atoms with van der Waals surface area (Å²) >= 11 is 0. The minimum Gasteiger partial charge on any atom is -0.542 e. The van der Waals surface area contributed by atoms with E-state index in [1.807, 2.05) is 81.7 Å². The molecule has 444 valence electrons. The first kappa shape index (κ1) is 64.6. The lowest BCUT2D eigenvalue weighted by molar-refractivity contribution is -0.786. The molecule has 2 aliphatic heterocycles. The molecule has 7 rings (SSSR count). The maximum absolute atomic E-state index is 14.1. The quantitative estimate of drug-likeness (QED) is 0.0203. The zero-order chi connectivity index (χ0) is 59.8. The molecule has 3 amide bonds. The van der Waals surface area contributed by atoms with Gasteiger partial charge in [-0.1, -0.05) is 114 Å². The average Bonchev–Trinajstić information content (AvgIpc) is 1.95. The number of carboxylic acid groups (broad SMARTS) is 1. The third-order valence-electron chi connectivity index (χ3n) is 15.9. The van der Waals surface area contributed by atoms with Crippen LogP contribution in [0.2, 0.25) is 0 Å². The number of quaternary nitrogens is 1. The fourth-order valence-corrected chi connectivity index (χ4v) is 13.4. The van der Waals surface area contributed by atoms with E-state index in [2.05, 4.69) is 17.6 Å². The Morgan fingerprint density at radius 2 is 1.37 bits per heavy atom. The second kappa shape index (κ2) is 29.6. The summed E-state index contributed by atoms with van der Waals surface area (Å²) in [6.07, 6.45) is 4.94. The van der Waals surface area contributed by atoms with Gasteiger partial charge >= 0.3 is 6.18 Å². The summed E-state index contributed by atoms with van der Waals surface area (Å²) in [5, 5.41) is 38.0. The van der Waals surface area contributed by atoms with E-state index < -0.39 is 57.3 Å². The number of hydrogen-bond donors (Lipinski definition) is 5. The molecule has 0 saturated carbocycles. The van der Waals surface area contributed by atoms with E-state index >= 15 is 0 Å². The second-order valence-corrected chi connectivity index (χ2v) is 23.9. The van der Waals surface area contributed by atoms with Crippen LogP contribution in [0.5, 0.6) is 0 Å². The van der Waals surface area contributed by atoms with E-state index in [1.54, 1.807) is 35.2 Å². The molecule has 6 unspecified atom stereocenters. The Morgan fingerprint density at radius 3 is 1.94 bits per heavy atom. The fourth-order valence-electron chi connectivity index (χ4n) is 11.1. The first-order valence-corrected chi connectivity index (χ1v) is 30.0. The molecule has 5 aromatic rings. The number of carboxylic acids is 1. The number of unbranched alkanes of at least 4 members (excludes halogenated alkanes) is 8. The van der Waals surface area contributed by atoms with Crippen LogP contribution in [0.25, 0.3) is 0 Å². The number of carbonyl (C=O) groups excluding carboxylic acids is 4. The monoisotopic (exact) mass is 1160 g/mol. The highest BCUT2D eigenvalue weighted by Crippen LogP contribution is 2.50. The van der Waals surface area contributed by atoms with Crippen molar-refractivity contribution in [1.29, 1.82) is 0 Å². The molecule has 0 aliphatic carbocycles. The third kappa shape index (κ3) is 17.3. The molecular formula is C63H77F5N4O9S. The van der Waals surface area contributed by atoms with Crippen molar-refractivity contribution in [2.75, 3.05) is 30.1 Å². The molecule has 2 aliphatic rings. The number of β-lactam (4-membered cyclic amide) rings is 1. The van der Waals surface area contributed by atoms with Crippen LogP contribution in [-0.4, -0.2) is 74.5 Å².